The molecule has 0 radical (unpaired) electrons. The molecule has 0 aromatic heterocycles. The van der Waals surface area contributed by atoms with Gasteiger partial charge in [-0.25, -0.2) is 5.01 Å². The average Bonchev–Trinajstić information content (AvgIpc) is 2.88. The number of carbonyl (C=O) groups is 1. The molecule has 0 spiro atoms. The van der Waals surface area contributed by atoms with E-state index in [0.717, 1.165) is 18.7 Å². The molecule has 1 heterocycles. The Bertz CT molecular complexity index is 266. The lowest BCUT2D eigenvalue weighted by molar-refractivity contribution is -0.128. The molecule has 0 atom stereocenters. The lowest BCUT2D eigenvalue weighted by atomic mass is 10.1. The van der Waals surface area contributed by atoms with Gasteiger partial charge in [-0.15, -0.1) is 0 Å². The third-order valence-corrected chi connectivity index (χ3v) is 2.84. The van der Waals surface area contributed by atoms with Gasteiger partial charge in [-0.1, -0.05) is 13.8 Å². The van der Waals surface area contributed by atoms with Crippen LogP contribution in [-0.2, 0) is 4.79 Å². The van der Waals surface area contributed by atoms with Gasteiger partial charge in [-0.05, 0) is 31.1 Å². The van der Waals surface area contributed by atoms with Gasteiger partial charge in [0.1, 0.15) is 0 Å². The number of hydrazone groups is 1. The summed E-state index contributed by atoms with van der Waals surface area (Å²) in [6.07, 6.45) is 4.12. The standard InChI is InChI=1S/C11H18N2O/c1-8(2)5-6-13-11(14)7-10(12-13)9-3-4-9/h8-9H,3-7H2,1-2H3. The summed E-state index contributed by atoms with van der Waals surface area (Å²) in [5.41, 5.74) is 1.14. The van der Waals surface area contributed by atoms with Gasteiger partial charge in [-0.2, -0.15) is 5.10 Å². The first-order valence-electron chi connectivity index (χ1n) is 5.54. The molecule has 1 saturated carbocycles. The van der Waals surface area contributed by atoms with Crippen LogP contribution in [0.15, 0.2) is 5.10 Å². The van der Waals surface area contributed by atoms with Gasteiger partial charge in [0.05, 0.1) is 12.1 Å². The highest BCUT2D eigenvalue weighted by molar-refractivity contribution is 6.06. The highest BCUT2D eigenvalue weighted by atomic mass is 16.2. The van der Waals surface area contributed by atoms with Gasteiger partial charge in [0.2, 0.25) is 5.91 Å². The van der Waals surface area contributed by atoms with E-state index in [9.17, 15) is 4.79 Å². The SMILES string of the molecule is CC(C)CCN1N=C(C2CC2)CC1=O. The molecule has 0 N–H and O–H groups in total. The molecule has 78 valence electrons. The summed E-state index contributed by atoms with van der Waals surface area (Å²) in [5, 5.41) is 6.08. The van der Waals surface area contributed by atoms with E-state index in [1.54, 1.807) is 5.01 Å². The summed E-state index contributed by atoms with van der Waals surface area (Å²) in [4.78, 5) is 11.5. The topological polar surface area (TPSA) is 32.7 Å². The van der Waals surface area contributed by atoms with Crippen molar-refractivity contribution in [3.63, 3.8) is 0 Å². The average molecular weight is 194 g/mol. The number of rotatable bonds is 4. The summed E-state index contributed by atoms with van der Waals surface area (Å²) in [6, 6.07) is 0. The monoisotopic (exact) mass is 194 g/mol. The predicted molar refractivity (Wildman–Crippen MR) is 55.9 cm³/mol. The second-order valence-electron chi connectivity index (χ2n) is 4.74. The smallest absolute Gasteiger partial charge is 0.248 e. The maximum Gasteiger partial charge on any atom is 0.248 e. The molecular formula is C11H18N2O. The van der Waals surface area contributed by atoms with Gasteiger partial charge >= 0.3 is 0 Å². The predicted octanol–water partition coefficient (Wildman–Crippen LogP) is 2.03. The number of carbonyl (C=O) groups excluding carboxylic acids is 1. The van der Waals surface area contributed by atoms with E-state index in [1.807, 2.05) is 0 Å². The van der Waals surface area contributed by atoms with Gasteiger partial charge in [0, 0.05) is 6.54 Å². The molecular weight excluding hydrogens is 176 g/mol. The molecule has 1 amide bonds. The second-order valence-corrected chi connectivity index (χ2v) is 4.74. The van der Waals surface area contributed by atoms with E-state index >= 15 is 0 Å². The summed E-state index contributed by atoms with van der Waals surface area (Å²) in [5.74, 6) is 1.48. The van der Waals surface area contributed by atoms with Crippen molar-refractivity contribution in [2.45, 2.75) is 39.5 Å². The van der Waals surface area contributed by atoms with Crippen LogP contribution in [0.4, 0.5) is 0 Å². The van der Waals surface area contributed by atoms with Crippen LogP contribution in [0, 0.1) is 11.8 Å². The quantitative estimate of drug-likeness (QED) is 0.674. The summed E-state index contributed by atoms with van der Waals surface area (Å²) in [6.45, 7) is 5.14. The zero-order chi connectivity index (χ0) is 10.1. The van der Waals surface area contributed by atoms with Gasteiger partial charge in [0.25, 0.3) is 0 Å². The van der Waals surface area contributed by atoms with Crippen LogP contribution < -0.4 is 0 Å². The zero-order valence-corrected chi connectivity index (χ0v) is 8.99. The van der Waals surface area contributed by atoms with E-state index < -0.39 is 0 Å². The molecule has 3 nitrogen and oxygen atoms in total. The fourth-order valence-electron chi connectivity index (χ4n) is 1.69. The highest BCUT2D eigenvalue weighted by Crippen LogP contribution is 2.34. The number of nitrogens with zero attached hydrogens (tertiary/aromatic N) is 2. The fourth-order valence-corrected chi connectivity index (χ4v) is 1.69. The van der Waals surface area contributed by atoms with Crippen molar-refractivity contribution in [3.05, 3.63) is 0 Å². The first-order valence-corrected chi connectivity index (χ1v) is 5.54. The van der Waals surface area contributed by atoms with Crippen molar-refractivity contribution in [1.29, 1.82) is 0 Å². The van der Waals surface area contributed by atoms with E-state index in [1.165, 1.54) is 12.8 Å². The number of hydrogen-bond donors (Lipinski definition) is 0. The Morgan fingerprint density at radius 2 is 2.21 bits per heavy atom. The summed E-state index contributed by atoms with van der Waals surface area (Å²) in [7, 11) is 0. The lowest BCUT2D eigenvalue weighted by Gasteiger charge is -2.12. The van der Waals surface area contributed by atoms with Crippen LogP contribution in [0.5, 0.6) is 0 Å². The van der Waals surface area contributed by atoms with Crippen LogP contribution in [0.25, 0.3) is 0 Å². The van der Waals surface area contributed by atoms with Crippen LogP contribution in [0.2, 0.25) is 0 Å². The van der Waals surface area contributed by atoms with Crippen LogP contribution in [0.1, 0.15) is 39.5 Å². The van der Waals surface area contributed by atoms with Crippen LogP contribution >= 0.6 is 0 Å². The molecule has 0 unspecified atom stereocenters. The highest BCUT2D eigenvalue weighted by Gasteiger charge is 2.34. The van der Waals surface area contributed by atoms with Crippen LogP contribution in [-0.4, -0.2) is 23.2 Å². The fraction of sp³-hybridized carbons (Fsp3) is 0.818. The number of amides is 1. The largest absolute Gasteiger partial charge is 0.273 e. The first-order chi connectivity index (χ1) is 6.66. The maximum absolute atomic E-state index is 11.5. The van der Waals surface area contributed by atoms with Gasteiger partial charge in [-0.3, -0.25) is 4.79 Å². The van der Waals surface area contributed by atoms with Crippen molar-refractivity contribution < 1.29 is 4.79 Å². The Morgan fingerprint density at radius 3 is 2.79 bits per heavy atom. The van der Waals surface area contributed by atoms with E-state index in [4.69, 9.17) is 0 Å². The molecule has 1 aliphatic carbocycles. The second kappa shape index (κ2) is 3.71. The van der Waals surface area contributed by atoms with Gasteiger partial charge < -0.3 is 0 Å². The molecule has 3 heteroatoms. The number of hydrogen-bond acceptors (Lipinski definition) is 2. The molecule has 2 aliphatic rings. The van der Waals surface area contributed by atoms with Crippen molar-refractivity contribution in [3.8, 4) is 0 Å². The Morgan fingerprint density at radius 1 is 1.50 bits per heavy atom. The minimum absolute atomic E-state index is 0.201. The molecule has 2 rings (SSSR count). The minimum Gasteiger partial charge on any atom is -0.273 e. The van der Waals surface area contributed by atoms with E-state index in [-0.39, 0.29) is 5.91 Å². The van der Waals surface area contributed by atoms with Crippen molar-refractivity contribution >= 4 is 11.6 Å². The molecule has 1 fully saturated rings. The first kappa shape index (κ1) is 9.69. The molecule has 0 bridgehead atoms. The Kier molecular flexibility index (Phi) is 2.57. The van der Waals surface area contributed by atoms with Crippen LogP contribution in [0.3, 0.4) is 0 Å². The molecule has 0 aromatic carbocycles. The lowest BCUT2D eigenvalue weighted by Crippen LogP contribution is -2.22. The Hall–Kier alpha value is -0.860. The summed E-state index contributed by atoms with van der Waals surface area (Å²) < 4.78 is 0. The minimum atomic E-state index is 0.201. The van der Waals surface area contributed by atoms with Crippen molar-refractivity contribution in [2.75, 3.05) is 6.54 Å². The zero-order valence-electron chi connectivity index (χ0n) is 8.99. The third kappa shape index (κ3) is 2.14. The van der Waals surface area contributed by atoms with Crippen molar-refractivity contribution in [1.82, 2.24) is 5.01 Å². The maximum atomic E-state index is 11.5. The summed E-state index contributed by atoms with van der Waals surface area (Å²) >= 11 is 0. The van der Waals surface area contributed by atoms with Crippen molar-refractivity contribution in [2.24, 2.45) is 16.9 Å². The molecule has 0 saturated heterocycles. The molecule has 0 aromatic rings. The Balaban J connectivity index is 1.88. The molecule has 1 aliphatic heterocycles. The van der Waals surface area contributed by atoms with E-state index in [2.05, 4.69) is 18.9 Å². The third-order valence-electron chi connectivity index (χ3n) is 2.84. The van der Waals surface area contributed by atoms with E-state index in [0.29, 0.717) is 18.3 Å². The normalized spacial score (nSPS) is 22.1. The van der Waals surface area contributed by atoms with Gasteiger partial charge in [0.15, 0.2) is 0 Å². The Labute approximate surface area is 85.2 Å². The molecule has 14 heavy (non-hydrogen) atoms.